The van der Waals surface area contributed by atoms with Crippen LogP contribution in [0.3, 0.4) is 0 Å². The molecule has 0 heterocycles. The summed E-state index contributed by atoms with van der Waals surface area (Å²) >= 11 is 0. The molecule has 0 saturated heterocycles. The molecule has 2 saturated carbocycles. The highest BCUT2D eigenvalue weighted by atomic mass is 16.3. The minimum atomic E-state index is -0.354. The van der Waals surface area contributed by atoms with Gasteiger partial charge in [-0.3, -0.25) is 4.79 Å². The average Bonchev–Trinajstić information content (AvgIpc) is 3.07. The summed E-state index contributed by atoms with van der Waals surface area (Å²) < 4.78 is 0. The smallest absolute Gasteiger partial charge is 0.234 e. The molecule has 0 aromatic rings. The number of rotatable bonds is 4. The maximum absolute atomic E-state index is 11.6. The van der Waals surface area contributed by atoms with Crippen LogP contribution in [0.2, 0.25) is 0 Å². The van der Waals surface area contributed by atoms with Gasteiger partial charge in [-0.2, -0.15) is 0 Å². The van der Waals surface area contributed by atoms with Crippen molar-refractivity contribution in [1.29, 1.82) is 0 Å². The molecule has 0 spiro atoms. The number of aliphatic hydroxyl groups excluding tert-OH is 1. The van der Waals surface area contributed by atoms with Gasteiger partial charge in [0.2, 0.25) is 5.91 Å². The van der Waals surface area contributed by atoms with Gasteiger partial charge in [0, 0.05) is 6.04 Å². The van der Waals surface area contributed by atoms with E-state index in [1.54, 1.807) is 0 Å². The van der Waals surface area contributed by atoms with Gasteiger partial charge in [0.05, 0.1) is 18.7 Å². The van der Waals surface area contributed by atoms with Gasteiger partial charge in [-0.15, -0.1) is 0 Å². The molecule has 2 rings (SSSR count). The van der Waals surface area contributed by atoms with Crippen LogP contribution in [-0.2, 0) is 4.79 Å². The van der Waals surface area contributed by atoms with E-state index >= 15 is 0 Å². The number of hydrogen-bond donors (Lipinski definition) is 3. The quantitative estimate of drug-likeness (QED) is 0.613. The Kier molecular flexibility index (Phi) is 4.18. The molecule has 2 atom stereocenters. The van der Waals surface area contributed by atoms with Crippen molar-refractivity contribution in [1.82, 2.24) is 10.6 Å². The molecule has 16 heavy (non-hydrogen) atoms. The number of nitrogens with one attached hydrogen (secondary N) is 2. The zero-order valence-electron chi connectivity index (χ0n) is 9.74. The molecule has 4 nitrogen and oxygen atoms in total. The fourth-order valence-corrected chi connectivity index (χ4v) is 2.24. The summed E-state index contributed by atoms with van der Waals surface area (Å²) in [6, 6.07) is 0.529. The molecule has 0 aromatic carbocycles. The van der Waals surface area contributed by atoms with Crippen molar-refractivity contribution in [2.24, 2.45) is 0 Å². The molecule has 2 aliphatic carbocycles. The maximum atomic E-state index is 11.6. The van der Waals surface area contributed by atoms with Gasteiger partial charge in [-0.25, -0.2) is 0 Å². The molecule has 4 heteroatoms. The van der Waals surface area contributed by atoms with Crippen LogP contribution in [0.25, 0.3) is 0 Å². The van der Waals surface area contributed by atoms with Gasteiger partial charge < -0.3 is 15.7 Å². The average molecular weight is 226 g/mol. The lowest BCUT2D eigenvalue weighted by Crippen LogP contribution is -2.46. The highest BCUT2D eigenvalue weighted by molar-refractivity contribution is 5.78. The first-order chi connectivity index (χ1) is 7.75. The van der Waals surface area contributed by atoms with Crippen LogP contribution in [0.1, 0.15) is 44.9 Å². The van der Waals surface area contributed by atoms with Crippen LogP contribution in [0, 0.1) is 0 Å². The van der Waals surface area contributed by atoms with E-state index in [1.165, 1.54) is 19.3 Å². The van der Waals surface area contributed by atoms with E-state index in [0.717, 1.165) is 25.7 Å². The first kappa shape index (κ1) is 11.9. The van der Waals surface area contributed by atoms with Crippen LogP contribution in [0.5, 0.6) is 0 Å². The minimum Gasteiger partial charge on any atom is -0.391 e. The van der Waals surface area contributed by atoms with E-state index in [-0.39, 0.29) is 18.1 Å². The molecule has 0 radical (unpaired) electrons. The van der Waals surface area contributed by atoms with E-state index in [9.17, 15) is 9.90 Å². The summed E-state index contributed by atoms with van der Waals surface area (Å²) in [4.78, 5) is 11.6. The third kappa shape index (κ3) is 3.76. The Hall–Kier alpha value is -0.610. The fraction of sp³-hybridized carbons (Fsp3) is 0.917. The topological polar surface area (TPSA) is 61.4 Å². The van der Waals surface area contributed by atoms with E-state index < -0.39 is 0 Å². The Morgan fingerprint density at radius 1 is 1.12 bits per heavy atom. The zero-order valence-corrected chi connectivity index (χ0v) is 9.74. The Balaban J connectivity index is 1.70. The molecular formula is C12H22N2O2. The standard InChI is InChI=1S/C12H22N2O2/c15-11-5-3-1-2-4-10(11)14-12(16)8-13-9-6-7-9/h9-11,13,15H,1-8H2,(H,14,16). The number of aliphatic hydroxyl groups is 1. The molecule has 3 N–H and O–H groups in total. The number of carbonyl (C=O) groups excluding carboxylic acids is 1. The molecule has 0 bridgehead atoms. The second kappa shape index (κ2) is 5.64. The van der Waals surface area contributed by atoms with Crippen LogP contribution in [0.15, 0.2) is 0 Å². The number of hydrogen-bond acceptors (Lipinski definition) is 3. The summed E-state index contributed by atoms with van der Waals surface area (Å²) in [5.41, 5.74) is 0. The van der Waals surface area contributed by atoms with Gasteiger partial charge in [0.15, 0.2) is 0 Å². The molecule has 2 aliphatic rings. The van der Waals surface area contributed by atoms with Gasteiger partial charge >= 0.3 is 0 Å². The van der Waals surface area contributed by atoms with Crippen molar-refractivity contribution >= 4 is 5.91 Å². The van der Waals surface area contributed by atoms with Crippen molar-refractivity contribution in [2.75, 3.05) is 6.54 Å². The number of carbonyl (C=O) groups is 1. The zero-order chi connectivity index (χ0) is 11.4. The monoisotopic (exact) mass is 226 g/mol. The maximum Gasteiger partial charge on any atom is 0.234 e. The summed E-state index contributed by atoms with van der Waals surface area (Å²) in [6.45, 7) is 0.397. The molecular weight excluding hydrogens is 204 g/mol. The summed E-state index contributed by atoms with van der Waals surface area (Å²) in [6.07, 6.45) is 7.12. The fourth-order valence-electron chi connectivity index (χ4n) is 2.24. The molecule has 1 amide bonds. The van der Waals surface area contributed by atoms with E-state index in [4.69, 9.17) is 0 Å². The van der Waals surface area contributed by atoms with Crippen molar-refractivity contribution in [3.63, 3.8) is 0 Å². The Morgan fingerprint density at radius 3 is 2.62 bits per heavy atom. The highest BCUT2D eigenvalue weighted by Crippen LogP contribution is 2.19. The van der Waals surface area contributed by atoms with Crippen LogP contribution in [0.4, 0.5) is 0 Å². The minimum absolute atomic E-state index is 0.0258. The molecule has 0 aliphatic heterocycles. The predicted octanol–water partition coefficient (Wildman–Crippen LogP) is 0.548. The molecule has 2 fully saturated rings. The Labute approximate surface area is 96.8 Å². The lowest BCUT2D eigenvalue weighted by atomic mass is 10.1. The SMILES string of the molecule is O=C(CNC1CC1)NC1CCCCCC1O. The van der Waals surface area contributed by atoms with Crippen LogP contribution in [-0.4, -0.2) is 35.7 Å². The normalized spacial score (nSPS) is 30.8. The molecule has 2 unspecified atom stereocenters. The van der Waals surface area contributed by atoms with Crippen LogP contribution < -0.4 is 10.6 Å². The van der Waals surface area contributed by atoms with E-state index in [2.05, 4.69) is 10.6 Å². The third-order valence-electron chi connectivity index (χ3n) is 3.45. The Morgan fingerprint density at radius 2 is 1.88 bits per heavy atom. The van der Waals surface area contributed by atoms with Gasteiger partial charge in [0.1, 0.15) is 0 Å². The second-order valence-corrected chi connectivity index (χ2v) is 5.03. The second-order valence-electron chi connectivity index (χ2n) is 5.03. The summed E-state index contributed by atoms with van der Waals surface area (Å²) in [5, 5.41) is 16.0. The van der Waals surface area contributed by atoms with Gasteiger partial charge in [-0.1, -0.05) is 19.3 Å². The largest absolute Gasteiger partial charge is 0.391 e. The van der Waals surface area contributed by atoms with Crippen molar-refractivity contribution < 1.29 is 9.90 Å². The van der Waals surface area contributed by atoms with Crippen LogP contribution >= 0.6 is 0 Å². The summed E-state index contributed by atoms with van der Waals surface area (Å²) in [7, 11) is 0. The lowest BCUT2D eigenvalue weighted by molar-refractivity contribution is -0.121. The van der Waals surface area contributed by atoms with Crippen molar-refractivity contribution in [2.45, 2.75) is 63.1 Å². The lowest BCUT2D eigenvalue weighted by Gasteiger charge is -2.21. The molecule has 92 valence electrons. The first-order valence-corrected chi connectivity index (χ1v) is 6.46. The molecule has 0 aromatic heterocycles. The van der Waals surface area contributed by atoms with Crippen molar-refractivity contribution in [3.8, 4) is 0 Å². The Bertz CT molecular complexity index is 241. The predicted molar refractivity (Wildman–Crippen MR) is 62.0 cm³/mol. The van der Waals surface area contributed by atoms with E-state index in [1.807, 2.05) is 0 Å². The van der Waals surface area contributed by atoms with Gasteiger partial charge in [0.25, 0.3) is 0 Å². The number of amides is 1. The van der Waals surface area contributed by atoms with E-state index in [0.29, 0.717) is 12.6 Å². The first-order valence-electron chi connectivity index (χ1n) is 6.46. The van der Waals surface area contributed by atoms with Gasteiger partial charge in [-0.05, 0) is 25.7 Å². The summed E-state index contributed by atoms with van der Waals surface area (Å²) in [5.74, 6) is 0.0258. The highest BCUT2D eigenvalue weighted by Gasteiger charge is 2.25. The third-order valence-corrected chi connectivity index (χ3v) is 3.45. The van der Waals surface area contributed by atoms with Crippen molar-refractivity contribution in [3.05, 3.63) is 0 Å².